The van der Waals surface area contributed by atoms with Gasteiger partial charge in [-0.25, -0.2) is 14.8 Å². The van der Waals surface area contributed by atoms with Gasteiger partial charge in [-0.1, -0.05) is 24.3 Å². The smallest absolute Gasteiger partial charge is 0.415 e. The highest BCUT2D eigenvalue weighted by atomic mass is 16.6. The molecular formula is C28H33N7O5. The van der Waals surface area contributed by atoms with Gasteiger partial charge in [-0.2, -0.15) is 0 Å². The molecule has 3 aromatic rings. The van der Waals surface area contributed by atoms with Crippen LogP contribution in [0.2, 0.25) is 0 Å². The Bertz CT molecular complexity index is 1340. The van der Waals surface area contributed by atoms with Gasteiger partial charge in [0.25, 0.3) is 5.91 Å². The molecule has 0 spiro atoms. The number of fused-ring (bicyclic) bond motifs is 1. The zero-order valence-electron chi connectivity index (χ0n) is 22.1. The largest absolute Gasteiger partial charge is 0.480 e. The van der Waals surface area contributed by atoms with Gasteiger partial charge >= 0.3 is 6.09 Å². The summed E-state index contributed by atoms with van der Waals surface area (Å²) in [6, 6.07) is 17.3. The molecule has 210 valence electrons. The average Bonchev–Trinajstić information content (AvgIpc) is 3.35. The van der Waals surface area contributed by atoms with E-state index in [2.05, 4.69) is 38.1 Å². The van der Waals surface area contributed by atoms with Gasteiger partial charge in [-0.3, -0.25) is 9.69 Å². The maximum absolute atomic E-state index is 12.5. The third-order valence-electron chi connectivity index (χ3n) is 6.38. The minimum atomic E-state index is -0.460. The molecule has 1 fully saturated rings. The first kappa shape index (κ1) is 27.3. The van der Waals surface area contributed by atoms with Crippen molar-refractivity contribution in [1.82, 2.24) is 20.6 Å². The second-order valence-electron chi connectivity index (χ2n) is 9.38. The third-order valence-corrected chi connectivity index (χ3v) is 6.38. The maximum atomic E-state index is 12.5. The standard InChI is InChI=1S/C28H33N7O5/c29-10-12-30-13-14-38-26-6-2-5-22(32-26)20-4-1-3-19(15-20)16-31-11-9-21-17-35(28(37)40-21)24-8-7-23-27(33-24)34-25(36)18-39-23/h1-8,15,21,30-31H,9-14,16-18,29H2,(H,33,34,36)/t21-/m0/s1. The second kappa shape index (κ2) is 13.2. The summed E-state index contributed by atoms with van der Waals surface area (Å²) in [7, 11) is 0. The number of carbonyl (C=O) groups is 2. The number of nitrogens with zero attached hydrogens (tertiary/aromatic N) is 3. The van der Waals surface area contributed by atoms with Crippen LogP contribution >= 0.6 is 0 Å². The van der Waals surface area contributed by atoms with Crippen LogP contribution < -0.4 is 36.1 Å². The van der Waals surface area contributed by atoms with Gasteiger partial charge in [0.2, 0.25) is 5.88 Å². The summed E-state index contributed by atoms with van der Waals surface area (Å²) in [6.07, 6.45) is -0.0838. The zero-order valence-corrected chi connectivity index (χ0v) is 22.1. The van der Waals surface area contributed by atoms with E-state index in [1.54, 1.807) is 12.1 Å². The number of nitrogens with one attached hydrogen (secondary N) is 3. The van der Waals surface area contributed by atoms with E-state index in [0.29, 0.717) is 69.0 Å². The predicted molar refractivity (Wildman–Crippen MR) is 149 cm³/mol. The Hall–Kier alpha value is -4.26. The van der Waals surface area contributed by atoms with Crippen LogP contribution in [0, 0.1) is 0 Å². The first-order valence-electron chi connectivity index (χ1n) is 13.3. The van der Waals surface area contributed by atoms with E-state index in [1.165, 1.54) is 4.90 Å². The number of cyclic esters (lactones) is 1. The molecule has 5 rings (SSSR count). The summed E-state index contributed by atoms with van der Waals surface area (Å²) in [4.78, 5) is 34.5. The Balaban J connectivity index is 1.09. The van der Waals surface area contributed by atoms with Gasteiger partial charge in [0.1, 0.15) is 18.5 Å². The lowest BCUT2D eigenvalue weighted by Crippen LogP contribution is -2.29. The number of aromatic nitrogens is 2. The molecule has 2 aromatic heterocycles. The summed E-state index contributed by atoms with van der Waals surface area (Å²) >= 11 is 0. The zero-order chi connectivity index (χ0) is 27.7. The van der Waals surface area contributed by atoms with Crippen molar-refractivity contribution in [2.45, 2.75) is 19.1 Å². The number of hydrogen-bond acceptors (Lipinski definition) is 10. The van der Waals surface area contributed by atoms with Crippen molar-refractivity contribution in [3.05, 3.63) is 60.2 Å². The van der Waals surface area contributed by atoms with Crippen molar-refractivity contribution in [3.8, 4) is 22.9 Å². The topological polar surface area (TPSA) is 153 Å². The number of nitrogens with two attached hydrogens (primary N) is 1. The molecule has 12 heteroatoms. The summed E-state index contributed by atoms with van der Waals surface area (Å²) in [5.41, 5.74) is 8.44. The Morgan fingerprint density at radius 1 is 1.05 bits per heavy atom. The summed E-state index contributed by atoms with van der Waals surface area (Å²) in [6.45, 7) is 4.24. The van der Waals surface area contributed by atoms with Gasteiger partial charge in [0, 0.05) is 37.8 Å². The first-order chi connectivity index (χ1) is 19.6. The number of ether oxygens (including phenoxy) is 3. The van der Waals surface area contributed by atoms with Crippen molar-refractivity contribution in [2.75, 3.05) is 56.2 Å². The molecule has 12 nitrogen and oxygen atoms in total. The molecule has 2 aliphatic heterocycles. The van der Waals surface area contributed by atoms with E-state index < -0.39 is 6.09 Å². The highest BCUT2D eigenvalue weighted by molar-refractivity contribution is 5.95. The second-order valence-corrected chi connectivity index (χ2v) is 9.38. The van der Waals surface area contributed by atoms with Crippen molar-refractivity contribution >= 4 is 23.6 Å². The lowest BCUT2D eigenvalue weighted by atomic mass is 10.1. The number of pyridine rings is 2. The molecule has 0 radical (unpaired) electrons. The maximum Gasteiger partial charge on any atom is 0.415 e. The van der Waals surface area contributed by atoms with Crippen molar-refractivity contribution < 1.29 is 23.8 Å². The van der Waals surface area contributed by atoms with Crippen LogP contribution in [-0.4, -0.2) is 74.0 Å². The molecule has 1 atom stereocenters. The normalized spacial score (nSPS) is 16.2. The van der Waals surface area contributed by atoms with E-state index in [1.807, 2.05) is 30.3 Å². The highest BCUT2D eigenvalue weighted by Crippen LogP contribution is 2.30. The Morgan fingerprint density at radius 2 is 1.95 bits per heavy atom. The van der Waals surface area contributed by atoms with Crippen LogP contribution in [0.15, 0.2) is 54.6 Å². The lowest BCUT2D eigenvalue weighted by Gasteiger charge is -2.19. The van der Waals surface area contributed by atoms with Crippen LogP contribution in [0.1, 0.15) is 12.0 Å². The molecule has 0 unspecified atom stereocenters. The molecular weight excluding hydrogens is 514 g/mol. The molecule has 0 aliphatic carbocycles. The molecule has 0 bridgehead atoms. The van der Waals surface area contributed by atoms with Gasteiger partial charge in [-0.05, 0) is 42.8 Å². The SMILES string of the molecule is NCCNCCOc1cccc(-c2cccc(CNCC[C@H]3CN(c4ccc5c(n4)NC(=O)CO5)C(=O)O3)c2)n1. The molecule has 1 saturated heterocycles. The van der Waals surface area contributed by atoms with Crippen molar-refractivity contribution in [1.29, 1.82) is 0 Å². The van der Waals surface area contributed by atoms with Crippen molar-refractivity contribution in [3.63, 3.8) is 0 Å². The van der Waals surface area contributed by atoms with Crippen LogP contribution in [-0.2, 0) is 16.1 Å². The van der Waals surface area contributed by atoms with E-state index in [0.717, 1.165) is 23.4 Å². The Kier molecular flexibility index (Phi) is 9.01. The Labute approximate surface area is 232 Å². The van der Waals surface area contributed by atoms with Gasteiger partial charge in [0.05, 0.1) is 12.2 Å². The number of hydrogen-bond donors (Lipinski definition) is 4. The van der Waals surface area contributed by atoms with Gasteiger partial charge < -0.3 is 35.9 Å². The van der Waals surface area contributed by atoms with E-state index in [9.17, 15) is 9.59 Å². The highest BCUT2D eigenvalue weighted by Gasteiger charge is 2.33. The molecule has 1 aromatic carbocycles. The van der Waals surface area contributed by atoms with Crippen LogP contribution in [0.3, 0.4) is 0 Å². The molecule has 40 heavy (non-hydrogen) atoms. The minimum Gasteiger partial charge on any atom is -0.480 e. The molecule has 5 N–H and O–H groups in total. The average molecular weight is 548 g/mol. The fourth-order valence-corrected chi connectivity index (χ4v) is 4.41. The predicted octanol–water partition coefficient (Wildman–Crippen LogP) is 1.91. The number of anilines is 2. The van der Waals surface area contributed by atoms with Crippen LogP contribution in [0.25, 0.3) is 11.3 Å². The van der Waals surface area contributed by atoms with Crippen LogP contribution in [0.5, 0.6) is 11.6 Å². The quantitative estimate of drug-likeness (QED) is 0.233. The number of carbonyl (C=O) groups excluding carboxylic acids is 2. The fraction of sp³-hybridized carbons (Fsp3) is 0.357. The van der Waals surface area contributed by atoms with Crippen molar-refractivity contribution in [2.24, 2.45) is 5.73 Å². The minimum absolute atomic E-state index is 0.0491. The number of amides is 2. The van der Waals surface area contributed by atoms with Gasteiger partial charge in [-0.15, -0.1) is 0 Å². The van der Waals surface area contributed by atoms with Crippen LogP contribution in [0.4, 0.5) is 16.4 Å². The lowest BCUT2D eigenvalue weighted by molar-refractivity contribution is -0.118. The van der Waals surface area contributed by atoms with E-state index in [4.69, 9.17) is 19.9 Å². The fourth-order valence-electron chi connectivity index (χ4n) is 4.41. The van der Waals surface area contributed by atoms with Gasteiger partial charge in [0.15, 0.2) is 18.2 Å². The third kappa shape index (κ3) is 7.03. The van der Waals surface area contributed by atoms with E-state index in [-0.39, 0.29) is 18.6 Å². The number of benzene rings is 1. The molecule has 4 heterocycles. The Morgan fingerprint density at radius 3 is 2.85 bits per heavy atom. The molecule has 2 amide bonds. The number of rotatable bonds is 13. The first-order valence-corrected chi connectivity index (χ1v) is 13.3. The summed E-state index contributed by atoms with van der Waals surface area (Å²) < 4.78 is 16.6. The summed E-state index contributed by atoms with van der Waals surface area (Å²) in [5, 5.41) is 9.28. The molecule has 2 aliphatic rings. The monoisotopic (exact) mass is 547 g/mol. The molecule has 0 saturated carbocycles. The van der Waals surface area contributed by atoms with E-state index >= 15 is 0 Å². The summed E-state index contributed by atoms with van der Waals surface area (Å²) in [5.74, 6) is 1.49.